The minimum atomic E-state index is -0.232. The number of aryl methyl sites for hydroxylation is 1. The van der Waals surface area contributed by atoms with Crippen molar-refractivity contribution < 1.29 is 9.53 Å². The van der Waals surface area contributed by atoms with Crippen molar-refractivity contribution in [3.05, 3.63) is 65.4 Å². The van der Waals surface area contributed by atoms with Crippen molar-refractivity contribution in [1.82, 2.24) is 14.4 Å². The lowest BCUT2D eigenvalue weighted by molar-refractivity contribution is -0.0732. The second-order valence-corrected chi connectivity index (χ2v) is 7.79. The zero-order valence-corrected chi connectivity index (χ0v) is 15.0. The van der Waals surface area contributed by atoms with E-state index in [1.807, 2.05) is 31.6 Å². The third-order valence-electron chi connectivity index (χ3n) is 6.21. The summed E-state index contributed by atoms with van der Waals surface area (Å²) in [4.78, 5) is 20.8. The monoisotopic (exact) mass is 347 g/mol. The van der Waals surface area contributed by atoms with Crippen LogP contribution in [0.2, 0.25) is 0 Å². The highest BCUT2D eigenvalue weighted by Crippen LogP contribution is 2.74. The normalized spacial score (nSPS) is 26.2. The fourth-order valence-corrected chi connectivity index (χ4v) is 5.11. The lowest BCUT2D eigenvalue weighted by atomic mass is 9.32. The molecule has 0 N–H and O–H groups in total. The van der Waals surface area contributed by atoms with E-state index in [4.69, 9.17) is 4.74 Å². The van der Waals surface area contributed by atoms with Gasteiger partial charge in [0.15, 0.2) is 5.65 Å². The van der Waals surface area contributed by atoms with Crippen LogP contribution >= 0.6 is 0 Å². The number of imidazole rings is 1. The smallest absolute Gasteiger partial charge is 0.338 e. The molecule has 3 aromatic rings. The highest BCUT2D eigenvalue weighted by molar-refractivity contribution is 5.90. The molecule has 3 aliphatic rings. The molecular formula is C21H21N3O2. The van der Waals surface area contributed by atoms with Gasteiger partial charge in [-0.05, 0) is 61.8 Å². The van der Waals surface area contributed by atoms with Gasteiger partial charge in [-0.2, -0.15) is 0 Å². The molecule has 0 saturated heterocycles. The molecule has 0 amide bonds. The quantitative estimate of drug-likeness (QED) is 0.677. The van der Waals surface area contributed by atoms with Gasteiger partial charge in [0.2, 0.25) is 0 Å². The van der Waals surface area contributed by atoms with Gasteiger partial charge < -0.3 is 9.14 Å². The van der Waals surface area contributed by atoms with Gasteiger partial charge in [-0.25, -0.2) is 9.78 Å². The van der Waals surface area contributed by atoms with E-state index in [1.165, 1.54) is 16.8 Å². The minimum Gasteiger partial charge on any atom is -0.462 e. The van der Waals surface area contributed by atoms with Crippen LogP contribution < -0.4 is 0 Å². The third kappa shape index (κ3) is 1.94. The van der Waals surface area contributed by atoms with Gasteiger partial charge >= 0.3 is 5.97 Å². The molecule has 3 saturated carbocycles. The zero-order chi connectivity index (χ0) is 17.9. The van der Waals surface area contributed by atoms with E-state index in [9.17, 15) is 4.79 Å². The van der Waals surface area contributed by atoms with Crippen molar-refractivity contribution >= 4 is 11.6 Å². The molecule has 5 heteroatoms. The number of aromatic nitrogens is 3. The molecule has 3 aliphatic carbocycles. The van der Waals surface area contributed by atoms with Gasteiger partial charge in [0.25, 0.3) is 0 Å². The van der Waals surface area contributed by atoms with E-state index in [2.05, 4.69) is 33.4 Å². The average Bonchev–Trinajstić information content (AvgIpc) is 2.99. The summed E-state index contributed by atoms with van der Waals surface area (Å²) in [6.07, 6.45) is 11.0. The first-order valence-corrected chi connectivity index (χ1v) is 9.13. The van der Waals surface area contributed by atoms with Crippen LogP contribution in [0.3, 0.4) is 0 Å². The summed E-state index contributed by atoms with van der Waals surface area (Å²) in [5.41, 5.74) is 5.83. The van der Waals surface area contributed by atoms with Gasteiger partial charge in [-0.1, -0.05) is 6.07 Å². The molecule has 5 nitrogen and oxygen atoms in total. The Morgan fingerprint density at radius 2 is 2.04 bits per heavy atom. The van der Waals surface area contributed by atoms with Crippen molar-refractivity contribution in [2.24, 2.45) is 0 Å². The number of ether oxygens (including phenoxy) is 1. The first kappa shape index (κ1) is 15.6. The Kier molecular flexibility index (Phi) is 3.09. The van der Waals surface area contributed by atoms with Gasteiger partial charge in [-0.15, -0.1) is 0 Å². The Bertz CT molecular complexity index is 1020. The van der Waals surface area contributed by atoms with Crippen molar-refractivity contribution in [2.75, 3.05) is 6.61 Å². The highest BCUT2D eigenvalue weighted by atomic mass is 16.5. The van der Waals surface area contributed by atoms with Crippen molar-refractivity contribution in [1.29, 1.82) is 0 Å². The van der Waals surface area contributed by atoms with Crippen LogP contribution in [0.4, 0.5) is 0 Å². The van der Waals surface area contributed by atoms with E-state index in [-0.39, 0.29) is 16.8 Å². The Labute approximate surface area is 152 Å². The molecule has 1 aromatic carbocycles. The van der Waals surface area contributed by atoms with E-state index in [0.717, 1.165) is 24.9 Å². The molecular weight excluding hydrogens is 326 g/mol. The van der Waals surface area contributed by atoms with Crippen molar-refractivity contribution in [3.8, 4) is 0 Å². The molecule has 0 radical (unpaired) electrons. The number of benzene rings is 1. The molecule has 2 aromatic heterocycles. The Hall–Kier alpha value is -2.69. The SMILES string of the molecule is CCOC(=O)c1ccc(C)c(C23CC(c4cnc5cnccn45)(C2)C3)c1. The molecule has 26 heavy (non-hydrogen) atoms. The highest BCUT2D eigenvalue weighted by Gasteiger charge is 2.70. The summed E-state index contributed by atoms with van der Waals surface area (Å²) in [6.45, 7) is 4.37. The van der Waals surface area contributed by atoms with Crippen LogP contribution in [0.15, 0.2) is 43.0 Å². The van der Waals surface area contributed by atoms with Crippen LogP contribution in [0, 0.1) is 6.92 Å². The number of hydrogen-bond donors (Lipinski definition) is 0. The van der Waals surface area contributed by atoms with Crippen LogP contribution in [0.25, 0.3) is 5.65 Å². The summed E-state index contributed by atoms with van der Waals surface area (Å²) < 4.78 is 7.34. The van der Waals surface area contributed by atoms with Gasteiger partial charge in [-0.3, -0.25) is 4.98 Å². The van der Waals surface area contributed by atoms with Crippen LogP contribution in [0.5, 0.6) is 0 Å². The molecule has 3 fully saturated rings. The standard InChI is InChI=1S/C21H21N3O2/c1-3-26-19(25)15-5-4-14(2)16(8-15)20-11-21(12-20,13-20)17-9-23-18-10-22-6-7-24(17)18/h4-10H,3,11-13H2,1-2H3. The molecule has 0 spiro atoms. The van der Waals surface area contributed by atoms with Crippen LogP contribution in [0.1, 0.15) is 53.4 Å². The second-order valence-electron chi connectivity index (χ2n) is 7.79. The molecule has 0 aliphatic heterocycles. The van der Waals surface area contributed by atoms with Gasteiger partial charge in [0.1, 0.15) is 0 Å². The van der Waals surface area contributed by atoms with Crippen molar-refractivity contribution in [3.63, 3.8) is 0 Å². The molecule has 2 bridgehead atoms. The predicted octanol–water partition coefficient (Wildman–Crippen LogP) is 3.59. The van der Waals surface area contributed by atoms with Gasteiger partial charge in [0.05, 0.1) is 18.4 Å². The number of carbonyl (C=O) groups excluding carboxylic acids is 1. The van der Waals surface area contributed by atoms with Crippen molar-refractivity contribution in [2.45, 2.75) is 43.9 Å². The molecule has 0 atom stereocenters. The minimum absolute atomic E-state index is 0.198. The Morgan fingerprint density at radius 1 is 1.23 bits per heavy atom. The molecule has 2 heterocycles. The summed E-state index contributed by atoms with van der Waals surface area (Å²) in [6, 6.07) is 5.97. The molecule has 6 rings (SSSR count). The number of esters is 1. The topological polar surface area (TPSA) is 56.5 Å². The largest absolute Gasteiger partial charge is 0.462 e. The van der Waals surface area contributed by atoms with Crippen LogP contribution in [-0.4, -0.2) is 26.9 Å². The predicted molar refractivity (Wildman–Crippen MR) is 97.3 cm³/mol. The van der Waals surface area contributed by atoms with E-state index >= 15 is 0 Å². The van der Waals surface area contributed by atoms with Gasteiger partial charge in [0, 0.05) is 29.7 Å². The number of rotatable bonds is 4. The molecule has 132 valence electrons. The fraction of sp³-hybridized carbons (Fsp3) is 0.381. The van der Waals surface area contributed by atoms with E-state index < -0.39 is 0 Å². The van der Waals surface area contributed by atoms with E-state index in [1.54, 1.807) is 6.20 Å². The lowest BCUT2D eigenvalue weighted by Gasteiger charge is -2.71. The third-order valence-corrected chi connectivity index (χ3v) is 6.21. The summed E-state index contributed by atoms with van der Waals surface area (Å²) in [7, 11) is 0. The first-order chi connectivity index (χ1) is 12.6. The van der Waals surface area contributed by atoms with Crippen LogP contribution in [-0.2, 0) is 15.6 Å². The number of fused-ring (bicyclic) bond motifs is 1. The summed E-state index contributed by atoms with van der Waals surface area (Å²) in [5.74, 6) is -0.232. The number of carbonyl (C=O) groups is 1. The first-order valence-electron chi connectivity index (χ1n) is 9.13. The summed E-state index contributed by atoms with van der Waals surface area (Å²) in [5, 5.41) is 0. The van der Waals surface area contributed by atoms with E-state index in [0.29, 0.717) is 12.2 Å². The Balaban J connectivity index is 1.45. The Morgan fingerprint density at radius 3 is 2.81 bits per heavy atom. The number of hydrogen-bond acceptors (Lipinski definition) is 4. The maximum absolute atomic E-state index is 12.1. The summed E-state index contributed by atoms with van der Waals surface area (Å²) >= 11 is 0. The average molecular weight is 347 g/mol. The maximum atomic E-state index is 12.1. The fourth-order valence-electron chi connectivity index (χ4n) is 5.11. The lowest BCUT2D eigenvalue weighted by Crippen LogP contribution is -2.67. The second kappa shape index (κ2) is 5.16. The zero-order valence-electron chi connectivity index (χ0n) is 15.0. The maximum Gasteiger partial charge on any atom is 0.338 e. The molecule has 0 unspecified atom stereocenters. The number of nitrogens with zero attached hydrogens (tertiary/aromatic N) is 3.